The van der Waals surface area contributed by atoms with E-state index in [0.717, 1.165) is 36.9 Å². The molecule has 0 aromatic heterocycles. The second-order valence-electron chi connectivity index (χ2n) is 5.14. The molecule has 0 aliphatic carbocycles. The van der Waals surface area contributed by atoms with Crippen LogP contribution in [0.5, 0.6) is 0 Å². The van der Waals surface area contributed by atoms with E-state index in [9.17, 15) is 8.42 Å². The van der Waals surface area contributed by atoms with Crippen LogP contribution in [0, 0.1) is 0 Å². The van der Waals surface area contributed by atoms with E-state index in [4.69, 9.17) is 4.74 Å². The lowest BCUT2D eigenvalue weighted by Gasteiger charge is -2.29. The highest BCUT2D eigenvalue weighted by Gasteiger charge is 2.33. The lowest BCUT2D eigenvalue weighted by atomic mass is 10.1. The minimum atomic E-state index is -2.84. The van der Waals surface area contributed by atoms with Crippen LogP contribution in [0.1, 0.15) is 19.3 Å². The van der Waals surface area contributed by atoms with Gasteiger partial charge in [0, 0.05) is 30.2 Å². The summed E-state index contributed by atoms with van der Waals surface area (Å²) >= 11 is 3.37. The molecule has 6 heteroatoms. The number of nitrogens with zero attached hydrogens (tertiary/aromatic N) is 1. The van der Waals surface area contributed by atoms with Crippen molar-refractivity contribution in [2.45, 2.75) is 31.4 Å². The van der Waals surface area contributed by atoms with Crippen LogP contribution in [0.2, 0.25) is 0 Å². The lowest BCUT2D eigenvalue weighted by molar-refractivity contribution is 0.0654. The van der Waals surface area contributed by atoms with E-state index in [-0.39, 0.29) is 17.9 Å². The summed E-state index contributed by atoms with van der Waals surface area (Å²) in [7, 11) is -2.84. The van der Waals surface area contributed by atoms with Crippen molar-refractivity contribution in [3.8, 4) is 0 Å². The van der Waals surface area contributed by atoms with Gasteiger partial charge in [0.2, 0.25) is 0 Å². The number of hydrogen-bond acceptors (Lipinski definition) is 4. The molecule has 2 heterocycles. The van der Waals surface area contributed by atoms with Gasteiger partial charge in [0.1, 0.15) is 0 Å². The van der Waals surface area contributed by atoms with Crippen LogP contribution < -0.4 is 0 Å². The van der Waals surface area contributed by atoms with E-state index in [0.29, 0.717) is 12.3 Å². The van der Waals surface area contributed by atoms with Gasteiger partial charge in [-0.2, -0.15) is 0 Å². The Bertz CT molecular complexity index is 404. The zero-order chi connectivity index (χ0) is 13.2. The van der Waals surface area contributed by atoms with Crippen molar-refractivity contribution >= 4 is 25.8 Å². The van der Waals surface area contributed by atoms with Crippen molar-refractivity contribution in [3.05, 3.63) is 11.1 Å². The summed E-state index contributed by atoms with van der Waals surface area (Å²) in [4.78, 5) is 2.21. The van der Waals surface area contributed by atoms with E-state index < -0.39 is 9.84 Å². The quantitative estimate of drug-likeness (QED) is 0.763. The molecule has 0 amide bonds. The highest BCUT2D eigenvalue weighted by atomic mass is 79.9. The molecular weight excluding hydrogens is 318 g/mol. The second-order valence-corrected chi connectivity index (χ2v) is 8.49. The Morgan fingerprint density at radius 1 is 1.44 bits per heavy atom. The van der Waals surface area contributed by atoms with Crippen molar-refractivity contribution in [1.82, 2.24) is 4.90 Å². The molecular formula is C12H20BrNO3S. The van der Waals surface area contributed by atoms with Crippen molar-refractivity contribution < 1.29 is 13.2 Å². The Labute approximate surface area is 117 Å². The molecule has 2 fully saturated rings. The van der Waals surface area contributed by atoms with E-state index in [2.05, 4.69) is 27.4 Å². The Balaban J connectivity index is 1.98. The number of hydrogen-bond donors (Lipinski definition) is 0. The third kappa shape index (κ3) is 4.05. The largest absolute Gasteiger partial charge is 0.377 e. The van der Waals surface area contributed by atoms with Crippen molar-refractivity contribution in [3.63, 3.8) is 0 Å². The average Bonchev–Trinajstić information content (AvgIpc) is 2.86. The van der Waals surface area contributed by atoms with Gasteiger partial charge < -0.3 is 4.74 Å². The molecule has 18 heavy (non-hydrogen) atoms. The molecule has 2 saturated heterocycles. The first kappa shape index (κ1) is 14.5. The third-order valence-corrected chi connectivity index (χ3v) is 5.56. The summed E-state index contributed by atoms with van der Waals surface area (Å²) in [6.45, 7) is 6.20. The smallest absolute Gasteiger partial charge is 0.151 e. The lowest BCUT2D eigenvalue weighted by Crippen LogP contribution is -2.41. The molecule has 2 atom stereocenters. The standard InChI is InChI=1S/C12H20BrNO3S/c1-10(13)7-14(8-12-3-2-5-17-12)11-4-6-18(15,16)9-11/h11-12H,1-9H2/t11-,12-/m0/s1. The monoisotopic (exact) mass is 337 g/mol. The predicted octanol–water partition coefficient (Wildman–Crippen LogP) is 1.56. The fraction of sp³-hybridized carbons (Fsp3) is 0.833. The van der Waals surface area contributed by atoms with Gasteiger partial charge in [0.25, 0.3) is 0 Å². The van der Waals surface area contributed by atoms with Gasteiger partial charge in [-0.1, -0.05) is 22.5 Å². The van der Waals surface area contributed by atoms with Gasteiger partial charge in [-0.3, -0.25) is 4.90 Å². The highest BCUT2D eigenvalue weighted by molar-refractivity contribution is 9.11. The number of sulfone groups is 1. The normalized spacial score (nSPS) is 31.0. The van der Waals surface area contributed by atoms with Gasteiger partial charge in [-0.05, 0) is 19.3 Å². The van der Waals surface area contributed by atoms with Crippen LogP contribution in [-0.2, 0) is 14.6 Å². The maximum atomic E-state index is 11.6. The third-order valence-electron chi connectivity index (χ3n) is 3.56. The Morgan fingerprint density at radius 3 is 2.72 bits per heavy atom. The Hall–Kier alpha value is 0.0900. The first-order chi connectivity index (χ1) is 8.46. The molecule has 0 aromatic rings. The molecule has 104 valence electrons. The molecule has 0 unspecified atom stereocenters. The minimum absolute atomic E-state index is 0.119. The molecule has 2 rings (SSSR count). The molecule has 0 bridgehead atoms. The second kappa shape index (κ2) is 6.03. The van der Waals surface area contributed by atoms with Gasteiger partial charge in [-0.25, -0.2) is 8.42 Å². The zero-order valence-electron chi connectivity index (χ0n) is 10.5. The van der Waals surface area contributed by atoms with Crippen LogP contribution in [0.3, 0.4) is 0 Å². The highest BCUT2D eigenvalue weighted by Crippen LogP contribution is 2.22. The van der Waals surface area contributed by atoms with Gasteiger partial charge in [0.05, 0.1) is 17.6 Å². The summed E-state index contributed by atoms with van der Waals surface area (Å²) in [5, 5.41) is 0. The Kier molecular flexibility index (Phi) is 4.86. The zero-order valence-corrected chi connectivity index (χ0v) is 12.9. The average molecular weight is 338 g/mol. The first-order valence-corrected chi connectivity index (χ1v) is 8.97. The maximum Gasteiger partial charge on any atom is 0.151 e. The van der Waals surface area contributed by atoms with Crippen molar-refractivity contribution in [1.29, 1.82) is 0 Å². The fourth-order valence-electron chi connectivity index (χ4n) is 2.68. The first-order valence-electron chi connectivity index (χ1n) is 6.35. The molecule has 2 aliphatic rings. The summed E-state index contributed by atoms with van der Waals surface area (Å²) in [6.07, 6.45) is 3.16. The van der Waals surface area contributed by atoms with Crippen molar-refractivity contribution in [2.24, 2.45) is 0 Å². The number of ether oxygens (including phenoxy) is 1. The molecule has 0 radical (unpaired) electrons. The van der Waals surface area contributed by atoms with Crippen LogP contribution in [0.25, 0.3) is 0 Å². The van der Waals surface area contributed by atoms with Crippen LogP contribution >= 0.6 is 15.9 Å². The summed E-state index contributed by atoms with van der Waals surface area (Å²) in [6, 6.07) is 0.119. The molecule has 2 aliphatic heterocycles. The minimum Gasteiger partial charge on any atom is -0.377 e. The maximum absolute atomic E-state index is 11.6. The van der Waals surface area contributed by atoms with Gasteiger partial charge >= 0.3 is 0 Å². The molecule has 0 saturated carbocycles. The SMILES string of the molecule is C=C(Br)CN(C[C@@H]1CCCO1)[C@H]1CCS(=O)(=O)C1. The van der Waals surface area contributed by atoms with E-state index in [1.807, 2.05) is 0 Å². The summed E-state index contributed by atoms with van der Waals surface area (Å²) in [5.74, 6) is 0.592. The van der Waals surface area contributed by atoms with Crippen LogP contribution in [-0.4, -0.2) is 56.7 Å². The summed E-state index contributed by atoms with van der Waals surface area (Å²) < 4.78 is 29.7. The topological polar surface area (TPSA) is 46.6 Å². The van der Waals surface area contributed by atoms with E-state index >= 15 is 0 Å². The summed E-state index contributed by atoms with van der Waals surface area (Å²) in [5.41, 5.74) is 0. The molecule has 0 N–H and O–H groups in total. The van der Waals surface area contributed by atoms with Crippen LogP contribution in [0.15, 0.2) is 11.1 Å². The van der Waals surface area contributed by atoms with E-state index in [1.165, 1.54) is 0 Å². The van der Waals surface area contributed by atoms with E-state index in [1.54, 1.807) is 0 Å². The Morgan fingerprint density at radius 2 is 2.22 bits per heavy atom. The molecule has 0 aromatic carbocycles. The molecule has 0 spiro atoms. The van der Waals surface area contributed by atoms with Gasteiger partial charge in [0.15, 0.2) is 9.84 Å². The predicted molar refractivity (Wildman–Crippen MR) is 75.7 cm³/mol. The number of halogens is 1. The van der Waals surface area contributed by atoms with Crippen molar-refractivity contribution in [2.75, 3.05) is 31.2 Å². The van der Waals surface area contributed by atoms with Gasteiger partial charge in [-0.15, -0.1) is 0 Å². The number of rotatable bonds is 5. The van der Waals surface area contributed by atoms with Crippen LogP contribution in [0.4, 0.5) is 0 Å². The molecule has 4 nitrogen and oxygen atoms in total. The fourth-order valence-corrected chi connectivity index (χ4v) is 4.76.